The molecule has 1 aliphatic heterocycles. The van der Waals surface area contributed by atoms with Gasteiger partial charge in [-0.2, -0.15) is 0 Å². The largest absolute Gasteiger partial charge is 0.310 e. The Balaban J connectivity index is 1.85. The van der Waals surface area contributed by atoms with Gasteiger partial charge in [0, 0.05) is 31.2 Å². The number of nitrogens with zero attached hydrogens (tertiary/aromatic N) is 4. The lowest BCUT2D eigenvalue weighted by Gasteiger charge is -2.20. The van der Waals surface area contributed by atoms with Crippen LogP contribution in [0.1, 0.15) is 46.0 Å². The first-order valence-corrected chi connectivity index (χ1v) is 8.12. The lowest BCUT2D eigenvalue weighted by atomic mass is 10.0. The van der Waals surface area contributed by atoms with Crippen molar-refractivity contribution >= 4 is 11.2 Å². The Kier molecular flexibility index (Phi) is 3.98. The van der Waals surface area contributed by atoms with Crippen molar-refractivity contribution < 1.29 is 0 Å². The van der Waals surface area contributed by atoms with Crippen LogP contribution in [0.15, 0.2) is 18.3 Å². The SMILES string of the molecule is CC(C)N1CCC(Cc2nc3cccnc3n2C(C)C)C1. The molecule has 4 heteroatoms. The van der Waals surface area contributed by atoms with Crippen molar-refractivity contribution in [2.45, 2.75) is 52.6 Å². The van der Waals surface area contributed by atoms with E-state index in [0.29, 0.717) is 12.1 Å². The van der Waals surface area contributed by atoms with Gasteiger partial charge < -0.3 is 9.47 Å². The summed E-state index contributed by atoms with van der Waals surface area (Å²) in [5, 5.41) is 0. The molecule has 0 amide bonds. The molecule has 0 saturated carbocycles. The van der Waals surface area contributed by atoms with Crippen LogP contribution in [0, 0.1) is 5.92 Å². The molecule has 114 valence electrons. The lowest BCUT2D eigenvalue weighted by molar-refractivity contribution is 0.264. The van der Waals surface area contributed by atoms with Gasteiger partial charge >= 0.3 is 0 Å². The van der Waals surface area contributed by atoms with Crippen molar-refractivity contribution in [3.8, 4) is 0 Å². The maximum Gasteiger partial charge on any atom is 0.160 e. The van der Waals surface area contributed by atoms with E-state index in [-0.39, 0.29) is 0 Å². The monoisotopic (exact) mass is 286 g/mol. The van der Waals surface area contributed by atoms with Gasteiger partial charge in [0.2, 0.25) is 0 Å². The zero-order valence-electron chi connectivity index (χ0n) is 13.6. The summed E-state index contributed by atoms with van der Waals surface area (Å²) in [6.07, 6.45) is 4.22. The fourth-order valence-corrected chi connectivity index (χ4v) is 3.42. The fourth-order valence-electron chi connectivity index (χ4n) is 3.42. The number of hydrogen-bond donors (Lipinski definition) is 0. The van der Waals surface area contributed by atoms with Gasteiger partial charge in [-0.05, 0) is 58.7 Å². The average Bonchev–Trinajstić information content (AvgIpc) is 3.02. The van der Waals surface area contributed by atoms with E-state index < -0.39 is 0 Å². The molecule has 3 heterocycles. The van der Waals surface area contributed by atoms with Crippen molar-refractivity contribution in [3.63, 3.8) is 0 Å². The maximum absolute atomic E-state index is 4.85. The van der Waals surface area contributed by atoms with Gasteiger partial charge in [-0.15, -0.1) is 0 Å². The molecule has 0 radical (unpaired) electrons. The van der Waals surface area contributed by atoms with E-state index in [1.165, 1.54) is 25.3 Å². The van der Waals surface area contributed by atoms with Gasteiger partial charge in [-0.1, -0.05) is 0 Å². The van der Waals surface area contributed by atoms with E-state index in [2.05, 4.69) is 48.2 Å². The maximum atomic E-state index is 4.85. The zero-order chi connectivity index (χ0) is 15.0. The molecule has 2 aromatic rings. The van der Waals surface area contributed by atoms with Crippen LogP contribution >= 0.6 is 0 Å². The average molecular weight is 286 g/mol. The molecule has 3 rings (SSSR count). The minimum absolute atomic E-state index is 0.405. The fraction of sp³-hybridized carbons (Fsp3) is 0.647. The van der Waals surface area contributed by atoms with Gasteiger partial charge in [-0.25, -0.2) is 9.97 Å². The second-order valence-corrected chi connectivity index (χ2v) is 6.79. The molecule has 0 bridgehead atoms. The standard InChI is InChI=1S/C17H26N4/c1-12(2)20-9-7-14(11-20)10-16-19-15-6-5-8-18-17(15)21(16)13(3)4/h5-6,8,12-14H,7,9-11H2,1-4H3. The molecule has 0 aromatic carbocycles. The highest BCUT2D eigenvalue weighted by Gasteiger charge is 2.26. The first-order valence-electron chi connectivity index (χ1n) is 8.12. The third-order valence-electron chi connectivity index (χ3n) is 4.56. The summed E-state index contributed by atoms with van der Waals surface area (Å²) < 4.78 is 2.31. The molecular weight excluding hydrogens is 260 g/mol. The van der Waals surface area contributed by atoms with E-state index in [4.69, 9.17) is 4.98 Å². The van der Waals surface area contributed by atoms with Gasteiger partial charge in [0.05, 0.1) is 0 Å². The number of aromatic nitrogens is 3. The predicted molar refractivity (Wildman–Crippen MR) is 86.4 cm³/mol. The van der Waals surface area contributed by atoms with E-state index in [0.717, 1.165) is 23.5 Å². The summed E-state index contributed by atoms with van der Waals surface area (Å²) in [5.41, 5.74) is 2.06. The Morgan fingerprint density at radius 2 is 2.05 bits per heavy atom. The second kappa shape index (κ2) is 5.76. The number of fused-ring (bicyclic) bond motifs is 1. The molecule has 1 aliphatic rings. The number of imidazole rings is 1. The van der Waals surface area contributed by atoms with Crippen molar-refractivity contribution in [1.82, 2.24) is 19.4 Å². The highest BCUT2D eigenvalue weighted by molar-refractivity contribution is 5.71. The van der Waals surface area contributed by atoms with Crippen LogP contribution in [0.25, 0.3) is 11.2 Å². The van der Waals surface area contributed by atoms with E-state index >= 15 is 0 Å². The normalized spacial score (nSPS) is 20.2. The Hall–Kier alpha value is -1.42. The topological polar surface area (TPSA) is 34.0 Å². The first kappa shape index (κ1) is 14.5. The molecule has 1 saturated heterocycles. The summed E-state index contributed by atoms with van der Waals surface area (Å²) in [7, 11) is 0. The van der Waals surface area contributed by atoms with Crippen molar-refractivity contribution in [2.24, 2.45) is 5.92 Å². The molecule has 1 fully saturated rings. The summed E-state index contributed by atoms with van der Waals surface area (Å²) in [5.74, 6) is 1.93. The first-order chi connectivity index (χ1) is 10.1. The minimum Gasteiger partial charge on any atom is -0.310 e. The van der Waals surface area contributed by atoms with Crippen LogP contribution < -0.4 is 0 Å². The third-order valence-corrected chi connectivity index (χ3v) is 4.56. The van der Waals surface area contributed by atoms with E-state index in [9.17, 15) is 0 Å². The van der Waals surface area contributed by atoms with Crippen LogP contribution in [-0.2, 0) is 6.42 Å². The Bertz CT molecular complexity index is 614. The summed E-state index contributed by atoms with van der Waals surface area (Å²) in [6.45, 7) is 11.4. The Labute approximate surface area is 127 Å². The number of likely N-dealkylation sites (tertiary alicyclic amines) is 1. The van der Waals surface area contributed by atoms with Crippen molar-refractivity contribution in [3.05, 3.63) is 24.2 Å². The molecule has 1 atom stereocenters. The van der Waals surface area contributed by atoms with E-state index in [1.807, 2.05) is 12.3 Å². The molecular formula is C17H26N4. The Morgan fingerprint density at radius 1 is 1.24 bits per heavy atom. The summed E-state index contributed by atoms with van der Waals surface area (Å²) in [4.78, 5) is 12.0. The van der Waals surface area contributed by atoms with Gasteiger partial charge in [0.15, 0.2) is 5.65 Å². The lowest BCUT2D eigenvalue weighted by Crippen LogP contribution is -2.28. The van der Waals surface area contributed by atoms with Gasteiger partial charge in [-0.3, -0.25) is 0 Å². The summed E-state index contributed by atoms with van der Waals surface area (Å²) >= 11 is 0. The molecule has 4 nitrogen and oxygen atoms in total. The number of hydrogen-bond acceptors (Lipinski definition) is 3. The van der Waals surface area contributed by atoms with Gasteiger partial charge in [0.25, 0.3) is 0 Å². The number of rotatable bonds is 4. The molecule has 1 unspecified atom stereocenters. The van der Waals surface area contributed by atoms with Crippen molar-refractivity contribution in [2.75, 3.05) is 13.1 Å². The Morgan fingerprint density at radius 3 is 2.71 bits per heavy atom. The highest BCUT2D eigenvalue weighted by atomic mass is 15.2. The molecule has 0 N–H and O–H groups in total. The molecule has 0 spiro atoms. The second-order valence-electron chi connectivity index (χ2n) is 6.79. The van der Waals surface area contributed by atoms with Crippen molar-refractivity contribution in [1.29, 1.82) is 0 Å². The third kappa shape index (κ3) is 2.82. The van der Waals surface area contributed by atoms with Crippen LogP contribution in [0.4, 0.5) is 0 Å². The van der Waals surface area contributed by atoms with Crippen LogP contribution in [0.5, 0.6) is 0 Å². The van der Waals surface area contributed by atoms with Crippen LogP contribution in [-0.4, -0.2) is 38.6 Å². The van der Waals surface area contributed by atoms with Gasteiger partial charge in [0.1, 0.15) is 11.3 Å². The number of pyridine rings is 1. The zero-order valence-corrected chi connectivity index (χ0v) is 13.6. The molecule has 21 heavy (non-hydrogen) atoms. The van der Waals surface area contributed by atoms with E-state index in [1.54, 1.807) is 0 Å². The minimum atomic E-state index is 0.405. The van der Waals surface area contributed by atoms with Crippen LogP contribution in [0.3, 0.4) is 0 Å². The quantitative estimate of drug-likeness (QED) is 0.865. The molecule has 2 aromatic heterocycles. The predicted octanol–water partition coefficient (Wildman–Crippen LogP) is 3.29. The molecule has 0 aliphatic carbocycles. The smallest absolute Gasteiger partial charge is 0.160 e. The van der Waals surface area contributed by atoms with Crippen LogP contribution in [0.2, 0.25) is 0 Å². The summed E-state index contributed by atoms with van der Waals surface area (Å²) in [6, 6.07) is 5.10. The highest BCUT2D eigenvalue weighted by Crippen LogP contribution is 2.26.